The quantitative estimate of drug-likeness (QED) is 0.649. The van der Waals surface area contributed by atoms with Crippen LogP contribution in [-0.4, -0.2) is 9.97 Å². The van der Waals surface area contributed by atoms with Gasteiger partial charge in [-0.2, -0.15) is 4.98 Å². The molecular weight excluding hydrogens is 176 g/mol. The molecule has 1 aromatic rings. The van der Waals surface area contributed by atoms with Crippen molar-refractivity contribution in [1.82, 2.24) is 9.97 Å². The standard InChI is InChI=1S/C10H16N4/c11-9-7-5-3-1-2-4-6-8(7)13-10(12)14-9/h1-6H2,(H4,11,12,13,14). The molecule has 0 fully saturated rings. The summed E-state index contributed by atoms with van der Waals surface area (Å²) in [6.45, 7) is 0. The van der Waals surface area contributed by atoms with Crippen molar-refractivity contribution < 1.29 is 0 Å². The first kappa shape index (κ1) is 9.24. The lowest BCUT2D eigenvalue weighted by Crippen LogP contribution is -2.10. The van der Waals surface area contributed by atoms with Gasteiger partial charge in [-0.25, -0.2) is 4.98 Å². The molecular formula is C10H16N4. The zero-order valence-corrected chi connectivity index (χ0v) is 8.29. The number of nitrogen functional groups attached to an aromatic ring is 2. The molecule has 0 aliphatic heterocycles. The molecule has 14 heavy (non-hydrogen) atoms. The minimum absolute atomic E-state index is 0.307. The van der Waals surface area contributed by atoms with Crippen LogP contribution >= 0.6 is 0 Å². The summed E-state index contributed by atoms with van der Waals surface area (Å²) in [5.41, 5.74) is 13.6. The molecule has 1 aliphatic carbocycles. The highest BCUT2D eigenvalue weighted by Gasteiger charge is 2.12. The molecule has 1 heterocycles. The van der Waals surface area contributed by atoms with Crippen LogP contribution in [0.5, 0.6) is 0 Å². The average Bonchev–Trinajstić information content (AvgIpc) is 2.07. The Hall–Kier alpha value is -1.32. The summed E-state index contributed by atoms with van der Waals surface area (Å²) in [6, 6.07) is 0. The van der Waals surface area contributed by atoms with Gasteiger partial charge in [0, 0.05) is 5.56 Å². The highest BCUT2D eigenvalue weighted by molar-refractivity contribution is 5.46. The Balaban J connectivity index is 2.39. The van der Waals surface area contributed by atoms with E-state index in [1.165, 1.54) is 25.7 Å². The fourth-order valence-electron chi connectivity index (χ4n) is 2.00. The fraction of sp³-hybridized carbons (Fsp3) is 0.600. The molecule has 0 aromatic carbocycles. The van der Waals surface area contributed by atoms with Crippen LogP contribution in [-0.2, 0) is 12.8 Å². The average molecular weight is 192 g/mol. The van der Waals surface area contributed by atoms with Gasteiger partial charge in [-0.05, 0) is 25.7 Å². The number of nitrogens with two attached hydrogens (primary N) is 2. The fourth-order valence-corrected chi connectivity index (χ4v) is 2.00. The van der Waals surface area contributed by atoms with E-state index in [-0.39, 0.29) is 0 Å². The minimum Gasteiger partial charge on any atom is -0.383 e. The highest BCUT2D eigenvalue weighted by Crippen LogP contribution is 2.22. The smallest absolute Gasteiger partial charge is 0.222 e. The molecule has 4 heteroatoms. The van der Waals surface area contributed by atoms with E-state index in [1.54, 1.807) is 0 Å². The van der Waals surface area contributed by atoms with Crippen molar-refractivity contribution >= 4 is 11.8 Å². The second kappa shape index (κ2) is 3.82. The van der Waals surface area contributed by atoms with Gasteiger partial charge < -0.3 is 11.5 Å². The Morgan fingerprint density at radius 1 is 0.857 bits per heavy atom. The van der Waals surface area contributed by atoms with Gasteiger partial charge in [-0.3, -0.25) is 0 Å². The molecule has 0 saturated carbocycles. The predicted octanol–water partition coefficient (Wildman–Crippen LogP) is 1.30. The monoisotopic (exact) mass is 192 g/mol. The van der Waals surface area contributed by atoms with E-state index in [2.05, 4.69) is 9.97 Å². The van der Waals surface area contributed by atoms with Gasteiger partial charge in [-0.15, -0.1) is 0 Å². The van der Waals surface area contributed by atoms with Crippen LogP contribution in [0.3, 0.4) is 0 Å². The molecule has 0 radical (unpaired) electrons. The molecule has 1 aromatic heterocycles. The van der Waals surface area contributed by atoms with Crippen molar-refractivity contribution in [2.75, 3.05) is 11.5 Å². The number of hydrogen-bond acceptors (Lipinski definition) is 4. The van der Waals surface area contributed by atoms with Crippen molar-refractivity contribution in [2.24, 2.45) is 0 Å². The molecule has 4 N–H and O–H groups in total. The van der Waals surface area contributed by atoms with Crippen molar-refractivity contribution in [2.45, 2.75) is 38.5 Å². The van der Waals surface area contributed by atoms with E-state index in [0.29, 0.717) is 11.8 Å². The van der Waals surface area contributed by atoms with Gasteiger partial charge in [0.2, 0.25) is 5.95 Å². The van der Waals surface area contributed by atoms with E-state index >= 15 is 0 Å². The lowest BCUT2D eigenvalue weighted by atomic mass is 9.97. The van der Waals surface area contributed by atoms with Gasteiger partial charge in [0.15, 0.2) is 0 Å². The number of anilines is 2. The van der Waals surface area contributed by atoms with Crippen LogP contribution < -0.4 is 11.5 Å². The molecule has 1 aliphatic rings. The summed E-state index contributed by atoms with van der Waals surface area (Å²) in [4.78, 5) is 8.27. The SMILES string of the molecule is Nc1nc(N)c2c(n1)CCCCCC2. The van der Waals surface area contributed by atoms with Crippen molar-refractivity contribution in [3.05, 3.63) is 11.3 Å². The van der Waals surface area contributed by atoms with Gasteiger partial charge in [0.25, 0.3) is 0 Å². The van der Waals surface area contributed by atoms with Crippen molar-refractivity contribution in [3.63, 3.8) is 0 Å². The largest absolute Gasteiger partial charge is 0.383 e. The van der Waals surface area contributed by atoms with Crippen LogP contribution in [0.4, 0.5) is 11.8 Å². The molecule has 0 atom stereocenters. The van der Waals surface area contributed by atoms with E-state index in [1.807, 2.05) is 0 Å². The molecule has 0 bridgehead atoms. The van der Waals surface area contributed by atoms with Crippen LogP contribution in [0.25, 0.3) is 0 Å². The molecule has 2 rings (SSSR count). The zero-order chi connectivity index (χ0) is 9.97. The Morgan fingerprint density at radius 2 is 1.57 bits per heavy atom. The third-order valence-corrected chi connectivity index (χ3v) is 2.73. The first-order valence-corrected chi connectivity index (χ1v) is 5.18. The van der Waals surface area contributed by atoms with Crippen LogP contribution in [0.1, 0.15) is 36.9 Å². The summed E-state index contributed by atoms with van der Waals surface area (Å²) in [7, 11) is 0. The van der Waals surface area contributed by atoms with Crippen LogP contribution in [0, 0.1) is 0 Å². The zero-order valence-electron chi connectivity index (χ0n) is 8.29. The molecule has 0 spiro atoms. The highest BCUT2D eigenvalue weighted by atomic mass is 15.0. The summed E-state index contributed by atoms with van der Waals surface area (Å²) in [5, 5.41) is 0. The maximum Gasteiger partial charge on any atom is 0.222 e. The number of rotatable bonds is 0. The number of nitrogens with zero attached hydrogens (tertiary/aromatic N) is 2. The van der Waals surface area contributed by atoms with Crippen LogP contribution in [0.2, 0.25) is 0 Å². The Kier molecular flexibility index (Phi) is 2.52. The van der Waals surface area contributed by atoms with Gasteiger partial charge in [0.1, 0.15) is 5.82 Å². The first-order chi connectivity index (χ1) is 6.77. The maximum atomic E-state index is 5.83. The molecule has 0 unspecified atom stereocenters. The third-order valence-electron chi connectivity index (χ3n) is 2.73. The number of fused-ring (bicyclic) bond motifs is 1. The topological polar surface area (TPSA) is 77.8 Å². The van der Waals surface area contributed by atoms with Crippen molar-refractivity contribution in [3.8, 4) is 0 Å². The molecule has 76 valence electrons. The predicted molar refractivity (Wildman–Crippen MR) is 56.7 cm³/mol. The second-order valence-corrected chi connectivity index (χ2v) is 3.81. The Morgan fingerprint density at radius 3 is 2.36 bits per heavy atom. The molecule has 0 amide bonds. The lowest BCUT2D eigenvalue weighted by Gasteiger charge is -2.14. The van der Waals surface area contributed by atoms with Gasteiger partial charge >= 0.3 is 0 Å². The molecule has 4 nitrogen and oxygen atoms in total. The maximum absolute atomic E-state index is 5.83. The number of hydrogen-bond donors (Lipinski definition) is 2. The number of aromatic nitrogens is 2. The summed E-state index contributed by atoms with van der Waals surface area (Å²) in [6.07, 6.45) is 6.92. The second-order valence-electron chi connectivity index (χ2n) is 3.81. The van der Waals surface area contributed by atoms with Crippen LogP contribution in [0.15, 0.2) is 0 Å². The van der Waals surface area contributed by atoms with E-state index < -0.39 is 0 Å². The van der Waals surface area contributed by atoms with E-state index in [9.17, 15) is 0 Å². The molecule has 0 saturated heterocycles. The van der Waals surface area contributed by atoms with Gasteiger partial charge in [-0.1, -0.05) is 12.8 Å². The summed E-state index contributed by atoms with van der Waals surface area (Å²) in [5.74, 6) is 0.885. The Labute approximate surface area is 83.7 Å². The first-order valence-electron chi connectivity index (χ1n) is 5.18. The third kappa shape index (κ3) is 1.78. The van der Waals surface area contributed by atoms with E-state index in [4.69, 9.17) is 11.5 Å². The van der Waals surface area contributed by atoms with E-state index in [0.717, 1.165) is 24.1 Å². The van der Waals surface area contributed by atoms with Gasteiger partial charge in [0.05, 0.1) is 5.69 Å². The normalized spacial score (nSPS) is 16.9. The summed E-state index contributed by atoms with van der Waals surface area (Å²) < 4.78 is 0. The number of aryl methyl sites for hydroxylation is 1. The Bertz CT molecular complexity index is 335. The van der Waals surface area contributed by atoms with Crippen molar-refractivity contribution in [1.29, 1.82) is 0 Å². The minimum atomic E-state index is 0.307. The lowest BCUT2D eigenvalue weighted by molar-refractivity contribution is 0.608. The summed E-state index contributed by atoms with van der Waals surface area (Å²) >= 11 is 0.